The molecular formula is C17H17N3O4S. The van der Waals surface area contributed by atoms with Crippen LogP contribution >= 0.6 is 12.2 Å². The van der Waals surface area contributed by atoms with Crippen molar-refractivity contribution < 1.29 is 18.7 Å². The van der Waals surface area contributed by atoms with Crippen molar-refractivity contribution in [2.24, 2.45) is 5.10 Å². The number of carbonyl (C=O) groups is 1. The molecule has 0 unspecified atom stereocenters. The largest absolute Gasteiger partial charge is 0.493 e. The average molecular weight is 359 g/mol. The molecule has 1 heterocycles. The van der Waals surface area contributed by atoms with E-state index in [0.29, 0.717) is 17.4 Å². The number of rotatable bonds is 7. The lowest BCUT2D eigenvalue weighted by molar-refractivity contribution is 0.0696. The molecule has 0 bridgehead atoms. The van der Waals surface area contributed by atoms with Crippen LogP contribution in [0.15, 0.2) is 58.8 Å². The summed E-state index contributed by atoms with van der Waals surface area (Å²) >= 11 is 5.02. The van der Waals surface area contributed by atoms with E-state index in [-0.39, 0.29) is 11.5 Å². The molecule has 1 aromatic heterocycles. The van der Waals surface area contributed by atoms with Crippen molar-refractivity contribution in [2.75, 3.05) is 13.7 Å². The van der Waals surface area contributed by atoms with Crippen molar-refractivity contribution in [3.63, 3.8) is 0 Å². The van der Waals surface area contributed by atoms with Gasteiger partial charge in [-0.3, -0.25) is 5.43 Å². The molecule has 0 spiro atoms. The quantitative estimate of drug-likeness (QED) is 0.196. The number of hydrogen-bond acceptors (Lipinski definition) is 6. The molecular weight excluding hydrogens is 342 g/mol. The van der Waals surface area contributed by atoms with Crippen LogP contribution in [0.1, 0.15) is 16.1 Å². The van der Waals surface area contributed by atoms with Gasteiger partial charge in [-0.2, -0.15) is 5.10 Å². The third kappa shape index (κ3) is 5.47. The minimum atomic E-state index is -0.606. The first-order valence-corrected chi connectivity index (χ1v) is 7.66. The molecule has 0 radical (unpaired) electrons. The van der Waals surface area contributed by atoms with Gasteiger partial charge in [-0.1, -0.05) is 6.08 Å². The molecule has 0 atom stereocenters. The fourth-order valence-corrected chi connectivity index (χ4v) is 1.90. The van der Waals surface area contributed by atoms with Gasteiger partial charge in [-0.05, 0) is 48.1 Å². The molecule has 2 aromatic rings. The number of thiocarbonyl (C=S) groups is 1. The first kappa shape index (κ1) is 18.2. The molecule has 0 aliphatic heterocycles. The molecule has 0 aliphatic carbocycles. The molecule has 7 nitrogen and oxygen atoms in total. The standard InChI is InChI=1S/C17H17N3O4S/c1-3-8-18-17(25)20-19-11-12-6-7-13(15(10-12)22-2)24-16(21)14-5-4-9-23-14/h3-7,9-11H,1,8H2,2H3,(H2,18,20,25). The Labute approximate surface area is 150 Å². The van der Waals surface area contributed by atoms with E-state index in [1.807, 2.05) is 0 Å². The maximum atomic E-state index is 11.9. The Hall–Kier alpha value is -3.13. The number of hydrazone groups is 1. The summed E-state index contributed by atoms with van der Waals surface area (Å²) in [6, 6.07) is 8.13. The lowest BCUT2D eigenvalue weighted by Crippen LogP contribution is -2.31. The summed E-state index contributed by atoms with van der Waals surface area (Å²) in [5.41, 5.74) is 3.40. The normalized spacial score (nSPS) is 10.3. The van der Waals surface area contributed by atoms with Crippen LogP contribution in [0.25, 0.3) is 0 Å². The van der Waals surface area contributed by atoms with E-state index in [2.05, 4.69) is 22.4 Å². The van der Waals surface area contributed by atoms with E-state index in [1.165, 1.54) is 19.4 Å². The highest BCUT2D eigenvalue weighted by atomic mass is 32.1. The van der Waals surface area contributed by atoms with Crippen molar-refractivity contribution in [1.82, 2.24) is 10.7 Å². The van der Waals surface area contributed by atoms with E-state index in [0.717, 1.165) is 5.56 Å². The highest BCUT2D eigenvalue weighted by Gasteiger charge is 2.14. The van der Waals surface area contributed by atoms with Crippen LogP contribution in [-0.4, -0.2) is 31.0 Å². The van der Waals surface area contributed by atoms with E-state index >= 15 is 0 Å². The Morgan fingerprint density at radius 2 is 2.24 bits per heavy atom. The molecule has 0 aliphatic rings. The Morgan fingerprint density at radius 1 is 1.40 bits per heavy atom. The summed E-state index contributed by atoms with van der Waals surface area (Å²) in [6.07, 6.45) is 4.64. The number of nitrogens with one attached hydrogen (secondary N) is 2. The van der Waals surface area contributed by atoms with Gasteiger partial charge < -0.3 is 19.2 Å². The molecule has 130 valence electrons. The average Bonchev–Trinajstić information content (AvgIpc) is 3.15. The number of nitrogens with zero attached hydrogens (tertiary/aromatic N) is 1. The summed E-state index contributed by atoms with van der Waals surface area (Å²) in [5.74, 6) is 0.163. The fourth-order valence-electron chi connectivity index (χ4n) is 1.76. The lowest BCUT2D eigenvalue weighted by atomic mass is 10.2. The summed E-state index contributed by atoms with van der Waals surface area (Å²) in [4.78, 5) is 11.9. The maximum absolute atomic E-state index is 11.9. The molecule has 2 N–H and O–H groups in total. The number of furan rings is 1. The van der Waals surface area contributed by atoms with Gasteiger partial charge in [0.25, 0.3) is 0 Å². The molecule has 2 rings (SSSR count). The molecule has 0 saturated carbocycles. The summed E-state index contributed by atoms with van der Waals surface area (Å²) in [6.45, 7) is 4.13. The first-order chi connectivity index (χ1) is 12.1. The third-order valence-corrected chi connectivity index (χ3v) is 3.13. The van der Waals surface area contributed by atoms with Gasteiger partial charge in [0, 0.05) is 6.54 Å². The van der Waals surface area contributed by atoms with Crippen molar-refractivity contribution in [3.8, 4) is 11.5 Å². The van der Waals surface area contributed by atoms with E-state index in [9.17, 15) is 4.79 Å². The Kier molecular flexibility index (Phi) is 6.73. The van der Waals surface area contributed by atoms with Crippen LogP contribution in [0.5, 0.6) is 11.5 Å². The Morgan fingerprint density at radius 3 is 2.92 bits per heavy atom. The van der Waals surface area contributed by atoms with Crippen LogP contribution in [0.2, 0.25) is 0 Å². The molecule has 1 aromatic carbocycles. The molecule has 0 fully saturated rings. The topological polar surface area (TPSA) is 85.1 Å². The smallest absolute Gasteiger partial charge is 0.379 e. The predicted molar refractivity (Wildman–Crippen MR) is 98.2 cm³/mol. The third-order valence-electron chi connectivity index (χ3n) is 2.90. The van der Waals surface area contributed by atoms with E-state index in [1.54, 1.807) is 36.6 Å². The highest BCUT2D eigenvalue weighted by Crippen LogP contribution is 2.28. The van der Waals surface area contributed by atoms with Crippen molar-refractivity contribution in [2.45, 2.75) is 0 Å². The zero-order chi connectivity index (χ0) is 18.1. The van der Waals surface area contributed by atoms with Gasteiger partial charge in [0.2, 0.25) is 5.76 Å². The predicted octanol–water partition coefficient (Wildman–Crippen LogP) is 2.49. The van der Waals surface area contributed by atoms with Crippen molar-refractivity contribution >= 4 is 29.5 Å². The Bertz CT molecular complexity index is 772. The summed E-state index contributed by atoms with van der Waals surface area (Å²) < 4.78 is 15.5. The number of benzene rings is 1. The number of ether oxygens (including phenoxy) is 2. The van der Waals surface area contributed by atoms with Crippen LogP contribution in [0.4, 0.5) is 0 Å². The fraction of sp³-hybridized carbons (Fsp3) is 0.118. The molecule has 25 heavy (non-hydrogen) atoms. The second-order valence-electron chi connectivity index (χ2n) is 4.65. The monoisotopic (exact) mass is 359 g/mol. The van der Waals surface area contributed by atoms with Gasteiger partial charge in [0.1, 0.15) is 0 Å². The second-order valence-corrected chi connectivity index (χ2v) is 5.05. The number of hydrogen-bond donors (Lipinski definition) is 2. The van der Waals surface area contributed by atoms with Crippen LogP contribution < -0.4 is 20.2 Å². The second kappa shape index (κ2) is 9.24. The van der Waals surface area contributed by atoms with Gasteiger partial charge >= 0.3 is 5.97 Å². The van der Waals surface area contributed by atoms with Gasteiger partial charge in [0.15, 0.2) is 16.6 Å². The summed E-state index contributed by atoms with van der Waals surface area (Å²) in [7, 11) is 1.48. The van der Waals surface area contributed by atoms with Crippen LogP contribution in [0.3, 0.4) is 0 Å². The van der Waals surface area contributed by atoms with Crippen LogP contribution in [0, 0.1) is 0 Å². The maximum Gasteiger partial charge on any atom is 0.379 e. The first-order valence-electron chi connectivity index (χ1n) is 7.25. The van der Waals surface area contributed by atoms with E-state index in [4.69, 9.17) is 26.1 Å². The van der Waals surface area contributed by atoms with Crippen LogP contribution in [-0.2, 0) is 0 Å². The van der Waals surface area contributed by atoms with Crippen molar-refractivity contribution in [3.05, 3.63) is 60.6 Å². The minimum Gasteiger partial charge on any atom is -0.493 e. The minimum absolute atomic E-state index is 0.109. The van der Waals surface area contributed by atoms with Gasteiger partial charge in [-0.15, -0.1) is 6.58 Å². The van der Waals surface area contributed by atoms with Crippen molar-refractivity contribution in [1.29, 1.82) is 0 Å². The molecule has 0 saturated heterocycles. The molecule has 8 heteroatoms. The SMILES string of the molecule is C=CCNC(=S)NN=Cc1ccc(OC(=O)c2ccco2)c(OC)c1. The zero-order valence-electron chi connectivity index (χ0n) is 13.5. The number of esters is 1. The Balaban J connectivity index is 2.02. The number of methoxy groups -OCH3 is 1. The van der Waals surface area contributed by atoms with Gasteiger partial charge in [-0.25, -0.2) is 4.79 Å². The summed E-state index contributed by atoms with van der Waals surface area (Å²) in [5, 5.41) is 7.27. The van der Waals surface area contributed by atoms with Gasteiger partial charge in [0.05, 0.1) is 19.6 Å². The number of carbonyl (C=O) groups excluding carboxylic acids is 1. The zero-order valence-corrected chi connectivity index (χ0v) is 14.3. The lowest BCUT2D eigenvalue weighted by Gasteiger charge is -2.09. The van der Waals surface area contributed by atoms with E-state index < -0.39 is 5.97 Å². The molecule has 0 amide bonds. The highest BCUT2D eigenvalue weighted by molar-refractivity contribution is 7.80.